The van der Waals surface area contributed by atoms with E-state index in [1.54, 1.807) is 22.7 Å². The van der Waals surface area contributed by atoms with E-state index in [0.29, 0.717) is 23.0 Å². The largest absolute Gasteiger partial charge is 0.332 e. The Bertz CT molecular complexity index is 1770. The molecule has 10 heteroatoms. The van der Waals surface area contributed by atoms with E-state index in [2.05, 4.69) is 16.9 Å². The van der Waals surface area contributed by atoms with E-state index in [1.165, 1.54) is 18.6 Å². The van der Waals surface area contributed by atoms with Gasteiger partial charge in [0.1, 0.15) is 11.6 Å². The van der Waals surface area contributed by atoms with Gasteiger partial charge >= 0.3 is 0 Å². The van der Waals surface area contributed by atoms with Crippen molar-refractivity contribution in [3.63, 3.8) is 0 Å². The fourth-order valence-electron chi connectivity index (χ4n) is 5.95. The molecular formula is C33H30F4N6. The molecule has 6 nitrogen and oxygen atoms in total. The van der Waals surface area contributed by atoms with Gasteiger partial charge in [-0.1, -0.05) is 44.4 Å². The number of pyridine rings is 3. The van der Waals surface area contributed by atoms with E-state index in [0.717, 1.165) is 49.8 Å². The summed E-state index contributed by atoms with van der Waals surface area (Å²) < 4.78 is 58.6. The molecule has 1 aliphatic rings. The van der Waals surface area contributed by atoms with Gasteiger partial charge in [-0.3, -0.25) is 4.90 Å². The van der Waals surface area contributed by atoms with Crippen molar-refractivity contribution >= 4 is 17.3 Å². The minimum Gasteiger partial charge on any atom is -0.332 e. The average molecular weight is 587 g/mol. The predicted octanol–water partition coefficient (Wildman–Crippen LogP) is 8.48. The molecule has 4 heterocycles. The number of imidazole rings is 1. The fourth-order valence-corrected chi connectivity index (χ4v) is 5.95. The number of aryl methyl sites for hydroxylation is 1. The molecule has 0 unspecified atom stereocenters. The molecule has 220 valence electrons. The molecule has 0 N–H and O–H groups in total. The highest BCUT2D eigenvalue weighted by atomic mass is 19.1. The van der Waals surface area contributed by atoms with Crippen molar-refractivity contribution in [2.24, 2.45) is 12.5 Å². The van der Waals surface area contributed by atoms with Crippen LogP contribution in [0.1, 0.15) is 44.6 Å². The van der Waals surface area contributed by atoms with Crippen LogP contribution in [0, 0.1) is 29.2 Å². The zero-order chi connectivity index (χ0) is 30.1. The van der Waals surface area contributed by atoms with E-state index >= 15 is 4.39 Å². The van der Waals surface area contributed by atoms with Gasteiger partial charge < -0.3 is 4.57 Å². The van der Waals surface area contributed by atoms with Crippen LogP contribution in [-0.4, -0.2) is 24.5 Å². The van der Waals surface area contributed by atoms with Gasteiger partial charge in [-0.05, 0) is 78.8 Å². The number of hydrogen-bond acceptors (Lipinski definition) is 5. The van der Waals surface area contributed by atoms with Gasteiger partial charge in [0, 0.05) is 18.9 Å². The van der Waals surface area contributed by atoms with Crippen molar-refractivity contribution in [1.29, 1.82) is 0 Å². The second kappa shape index (κ2) is 11.6. The first-order chi connectivity index (χ1) is 20.7. The molecule has 5 aromatic rings. The zero-order valence-corrected chi connectivity index (χ0v) is 23.9. The van der Waals surface area contributed by atoms with Gasteiger partial charge in [-0.2, -0.15) is 27.5 Å². The average Bonchev–Trinajstić information content (AvgIpc) is 3.34. The highest BCUT2D eigenvalue weighted by Gasteiger charge is 2.29. The SMILES string of the molecule is Cn1cc(N(c2ccccc2)c2cc(CC3(C)CCCCC3)cc(-c3ccc(F)nc3F)n2)nc1-c1ccc(F)nc1F. The summed E-state index contributed by atoms with van der Waals surface area (Å²) in [4.78, 5) is 18.1. The molecule has 0 aliphatic heterocycles. The number of para-hydroxylation sites is 1. The third-order valence-electron chi connectivity index (χ3n) is 8.05. The summed E-state index contributed by atoms with van der Waals surface area (Å²) in [6.07, 6.45) is 8.13. The Kier molecular flexibility index (Phi) is 7.68. The highest BCUT2D eigenvalue weighted by molar-refractivity contribution is 5.76. The monoisotopic (exact) mass is 586 g/mol. The molecule has 1 aromatic carbocycles. The van der Waals surface area contributed by atoms with E-state index < -0.39 is 23.8 Å². The second-order valence-electron chi connectivity index (χ2n) is 11.4. The van der Waals surface area contributed by atoms with Gasteiger partial charge in [0.15, 0.2) is 5.82 Å². The number of hydrogen-bond donors (Lipinski definition) is 0. The van der Waals surface area contributed by atoms with Crippen LogP contribution >= 0.6 is 0 Å². The van der Waals surface area contributed by atoms with E-state index in [1.807, 2.05) is 42.5 Å². The van der Waals surface area contributed by atoms with Crippen molar-refractivity contribution < 1.29 is 17.6 Å². The number of halogens is 4. The standard InChI is InChI=1S/C33H30F4N6/c1-33(15-7-4-8-16-33)19-21-17-25(23-11-13-26(34)39-30(23)36)38-28(18-21)43(22-9-5-3-6-10-22)29-20-42(2)32(41-29)24-12-14-27(35)40-31(24)37/h3,5-6,9-14,17-18,20H,4,7-8,15-16,19H2,1-2H3. The summed E-state index contributed by atoms with van der Waals surface area (Å²) in [7, 11) is 1.70. The van der Waals surface area contributed by atoms with Crippen molar-refractivity contribution in [3.8, 4) is 22.6 Å². The fraction of sp³-hybridized carbons (Fsp3) is 0.273. The molecule has 0 saturated heterocycles. The predicted molar refractivity (Wildman–Crippen MR) is 157 cm³/mol. The molecule has 6 rings (SSSR count). The minimum atomic E-state index is -0.978. The maximum atomic E-state index is 15.0. The molecule has 1 saturated carbocycles. The van der Waals surface area contributed by atoms with Crippen LogP contribution in [0.5, 0.6) is 0 Å². The summed E-state index contributed by atoms with van der Waals surface area (Å²) in [6, 6.07) is 18.0. The molecule has 0 radical (unpaired) electrons. The minimum absolute atomic E-state index is 0.0373. The topological polar surface area (TPSA) is 59.7 Å². The molecule has 43 heavy (non-hydrogen) atoms. The molecular weight excluding hydrogens is 556 g/mol. The van der Waals surface area contributed by atoms with Crippen molar-refractivity contribution in [3.05, 3.63) is 102 Å². The number of nitrogens with zero attached hydrogens (tertiary/aromatic N) is 6. The number of aromatic nitrogens is 5. The maximum absolute atomic E-state index is 15.0. The quantitative estimate of drug-likeness (QED) is 0.141. The normalized spacial score (nSPS) is 14.6. The Morgan fingerprint density at radius 2 is 1.40 bits per heavy atom. The van der Waals surface area contributed by atoms with Gasteiger partial charge in [-0.15, -0.1) is 0 Å². The summed E-state index contributed by atoms with van der Waals surface area (Å²) in [6.45, 7) is 2.28. The molecule has 0 amide bonds. The summed E-state index contributed by atoms with van der Waals surface area (Å²) in [5.41, 5.74) is 2.14. The molecule has 1 aliphatic carbocycles. The van der Waals surface area contributed by atoms with Gasteiger partial charge in [-0.25, -0.2) is 9.97 Å². The van der Waals surface area contributed by atoms with Crippen LogP contribution in [0.25, 0.3) is 22.6 Å². The third-order valence-corrected chi connectivity index (χ3v) is 8.05. The molecule has 0 spiro atoms. The van der Waals surface area contributed by atoms with Crippen LogP contribution in [0.2, 0.25) is 0 Å². The number of anilines is 3. The van der Waals surface area contributed by atoms with Crippen LogP contribution < -0.4 is 4.90 Å². The first kappa shape index (κ1) is 28.5. The van der Waals surface area contributed by atoms with Crippen molar-refractivity contribution in [2.45, 2.75) is 45.4 Å². The Labute approximate surface area is 247 Å². The molecule has 0 bridgehead atoms. The summed E-state index contributed by atoms with van der Waals surface area (Å²) in [5.74, 6) is -2.68. The van der Waals surface area contributed by atoms with Gasteiger partial charge in [0.05, 0.1) is 16.8 Å². The van der Waals surface area contributed by atoms with Crippen LogP contribution in [-0.2, 0) is 13.5 Å². The Hall–Kier alpha value is -4.60. The first-order valence-electron chi connectivity index (χ1n) is 14.2. The van der Waals surface area contributed by atoms with Crippen LogP contribution in [0.3, 0.4) is 0 Å². The third kappa shape index (κ3) is 6.00. The first-order valence-corrected chi connectivity index (χ1v) is 14.2. The van der Waals surface area contributed by atoms with Crippen LogP contribution in [0.4, 0.5) is 34.9 Å². The zero-order valence-electron chi connectivity index (χ0n) is 23.9. The summed E-state index contributed by atoms with van der Waals surface area (Å²) in [5, 5.41) is 0. The lowest BCUT2D eigenvalue weighted by Crippen LogP contribution is -2.23. The summed E-state index contributed by atoms with van der Waals surface area (Å²) >= 11 is 0. The Morgan fingerprint density at radius 1 is 0.744 bits per heavy atom. The van der Waals surface area contributed by atoms with E-state index in [-0.39, 0.29) is 22.4 Å². The number of benzene rings is 1. The van der Waals surface area contributed by atoms with Gasteiger partial charge in [0.25, 0.3) is 0 Å². The Balaban J connectivity index is 1.53. The number of rotatable bonds is 7. The second-order valence-corrected chi connectivity index (χ2v) is 11.4. The van der Waals surface area contributed by atoms with E-state index in [9.17, 15) is 13.2 Å². The molecule has 4 aromatic heterocycles. The lowest BCUT2D eigenvalue weighted by Gasteiger charge is -2.34. The van der Waals surface area contributed by atoms with Crippen molar-refractivity contribution in [1.82, 2.24) is 24.5 Å². The Morgan fingerprint density at radius 3 is 2.05 bits per heavy atom. The van der Waals surface area contributed by atoms with E-state index in [4.69, 9.17) is 9.97 Å². The maximum Gasteiger partial charge on any atom is 0.226 e. The van der Waals surface area contributed by atoms with Crippen molar-refractivity contribution in [2.75, 3.05) is 4.90 Å². The smallest absolute Gasteiger partial charge is 0.226 e. The molecule has 1 fully saturated rings. The lowest BCUT2D eigenvalue weighted by atomic mass is 9.72. The molecule has 0 atom stereocenters. The lowest BCUT2D eigenvalue weighted by molar-refractivity contribution is 0.215. The van der Waals surface area contributed by atoms with Gasteiger partial charge in [0.2, 0.25) is 23.8 Å². The van der Waals surface area contributed by atoms with Crippen LogP contribution in [0.15, 0.2) is 72.9 Å². The highest BCUT2D eigenvalue weighted by Crippen LogP contribution is 2.41.